The van der Waals surface area contributed by atoms with E-state index in [4.69, 9.17) is 37.6 Å². The third-order valence-corrected chi connectivity index (χ3v) is 28.4. The van der Waals surface area contributed by atoms with Crippen LogP contribution in [0, 0.1) is 0 Å². The summed E-state index contributed by atoms with van der Waals surface area (Å²) in [4.78, 5) is 87.6. The number of carbonyl (C=O) groups is 6. The van der Waals surface area contributed by atoms with Gasteiger partial charge in [-0.15, -0.1) is 0 Å². The molecule has 0 saturated carbocycles. The van der Waals surface area contributed by atoms with Gasteiger partial charge in [0, 0.05) is 19.4 Å². The fraction of sp³-hybridized carbons (Fsp3) is 0.818. The van der Waals surface area contributed by atoms with Crippen molar-refractivity contribution in [3.05, 3.63) is 71.8 Å². The number of esters is 4. The summed E-state index contributed by atoms with van der Waals surface area (Å²) < 4.78 is 52.3. The molecule has 5 unspecified atom stereocenters. The van der Waals surface area contributed by atoms with Crippen molar-refractivity contribution in [2.24, 2.45) is 0 Å². The van der Waals surface area contributed by atoms with Crippen LogP contribution in [0.4, 0.5) is 0 Å². The number of hydrogen-bond donors (Lipinski definition) is 3. The fourth-order valence-corrected chi connectivity index (χ4v) is 16.3. The van der Waals surface area contributed by atoms with Gasteiger partial charge in [0.15, 0.2) is 26.8 Å². The topological polar surface area (TPSA) is 221 Å². The molecule has 0 aromatic heterocycles. The number of amides is 2. The van der Waals surface area contributed by atoms with Crippen molar-refractivity contribution in [2.45, 2.75) is 501 Å². The van der Waals surface area contributed by atoms with Crippen molar-refractivity contribution in [3.8, 4) is 0 Å². The monoisotopic (exact) mass is 1660 g/mol. The van der Waals surface area contributed by atoms with E-state index in [1.165, 1.54) is 140 Å². The van der Waals surface area contributed by atoms with Gasteiger partial charge in [0.1, 0.15) is 37.1 Å². The number of aliphatic hydroxyl groups excluding tert-OH is 1. The lowest BCUT2D eigenvalue weighted by Crippen LogP contribution is -2.67. The first kappa shape index (κ1) is 106. The Labute approximate surface area is 715 Å². The maximum absolute atomic E-state index is 15.3. The van der Waals surface area contributed by atoms with E-state index in [9.17, 15) is 24.3 Å². The summed E-state index contributed by atoms with van der Waals surface area (Å²) in [6.07, 6.45) is 46.7. The lowest BCUT2D eigenvalue weighted by Gasteiger charge is -2.45. The van der Waals surface area contributed by atoms with Gasteiger partial charge in [0.2, 0.25) is 11.8 Å². The van der Waals surface area contributed by atoms with Gasteiger partial charge >= 0.3 is 23.9 Å². The molecule has 1 aliphatic heterocycles. The molecule has 3 N–H and O–H groups in total. The number of ether oxygens (including phenoxy) is 7. The van der Waals surface area contributed by atoms with Crippen LogP contribution < -0.4 is 10.6 Å². The molecule has 0 aliphatic carbocycles. The van der Waals surface area contributed by atoms with Gasteiger partial charge in [0.05, 0.1) is 38.6 Å². The molecule has 17 nitrogen and oxygen atoms in total. The highest BCUT2D eigenvalue weighted by Crippen LogP contribution is 2.38. The summed E-state index contributed by atoms with van der Waals surface area (Å²) in [5, 5.41) is 18.8. The number of unbranched alkanes of at least 4 members (excludes halogenated alkanes) is 42. The van der Waals surface area contributed by atoms with Crippen molar-refractivity contribution in [1.82, 2.24) is 10.6 Å². The second kappa shape index (κ2) is 69.8. The van der Waals surface area contributed by atoms with Gasteiger partial charge in [-0.3, -0.25) is 24.0 Å². The molecule has 0 radical (unpaired) electrons. The quantitative estimate of drug-likeness (QED) is 0.0243. The Morgan fingerprint density at radius 1 is 0.453 bits per heavy atom. The smallest absolute Gasteiger partial charge is 0.331 e. The number of rotatable bonds is 77. The summed E-state index contributed by atoms with van der Waals surface area (Å²) in [5.74, 6) is -3.30. The molecule has 0 bridgehead atoms. The fourth-order valence-electron chi connectivity index (χ4n) is 15.3. The highest BCUT2D eigenvalue weighted by Gasteiger charge is 2.51. The van der Waals surface area contributed by atoms with Crippen LogP contribution in [-0.4, -0.2) is 124 Å². The van der Waals surface area contributed by atoms with Crippen molar-refractivity contribution < 1.29 is 71.5 Å². The van der Waals surface area contributed by atoms with E-state index in [1.807, 2.05) is 36.4 Å². The molecule has 674 valence electrons. The minimum atomic E-state index is -2.59. The van der Waals surface area contributed by atoms with Crippen molar-refractivity contribution in [3.63, 3.8) is 0 Å². The second-order valence-corrected chi connectivity index (χ2v) is 40.6. The van der Waals surface area contributed by atoms with Gasteiger partial charge in [-0.1, -0.05) is 386 Å². The maximum Gasteiger partial charge on any atom is 0.331 e. The van der Waals surface area contributed by atoms with E-state index in [-0.39, 0.29) is 62.3 Å². The third kappa shape index (κ3) is 54.4. The predicted octanol–water partition coefficient (Wildman–Crippen LogP) is 25.1. The normalized spacial score (nSPS) is 16.8. The molecule has 3 rings (SSSR count). The molecule has 2 amide bonds. The summed E-state index contributed by atoms with van der Waals surface area (Å²) in [5.41, 5.74) is 2.06. The average Bonchev–Trinajstić information content (AvgIpc) is 0.785. The van der Waals surface area contributed by atoms with E-state index in [0.29, 0.717) is 44.3 Å². The zero-order valence-corrected chi connectivity index (χ0v) is 77.3. The Bertz CT molecular complexity index is 2730. The average molecular weight is 1660 g/mol. The SMILES string of the molecule is CCCCCCCCCCC[C@H](CC(=O)NC1C(OC[C@@H](NC(=O)C[C@@H](CCCCCCCCCCC)OC(=O)CCCCCCCCC)C(=O)OCc2ccccc2)OC(CO[Si](C)(C)C(C)(C)C)C(O)C1OC(=O)C[C@@H](CCCCCCCCCCC)OC(=O)CCCCCCCCc1ccccc1)OCCCCCCCCCC. The summed E-state index contributed by atoms with van der Waals surface area (Å²) >= 11 is 0. The van der Waals surface area contributed by atoms with Crippen molar-refractivity contribution in [2.75, 3.05) is 19.8 Å². The number of benzene rings is 2. The molecule has 1 saturated heterocycles. The largest absolute Gasteiger partial charge is 0.462 e. The predicted molar refractivity (Wildman–Crippen MR) is 480 cm³/mol. The van der Waals surface area contributed by atoms with E-state index in [0.717, 1.165) is 167 Å². The first-order chi connectivity index (χ1) is 56.7. The second-order valence-electron chi connectivity index (χ2n) is 35.8. The summed E-state index contributed by atoms with van der Waals surface area (Å²) in [6.45, 7) is 21.3. The van der Waals surface area contributed by atoms with Crippen molar-refractivity contribution in [1.29, 1.82) is 0 Å². The number of carbonyl (C=O) groups excluding carboxylic acids is 6. The van der Waals surface area contributed by atoms with Crippen LogP contribution in [0.15, 0.2) is 60.7 Å². The zero-order chi connectivity index (χ0) is 85.1. The molecule has 1 aliphatic rings. The lowest BCUT2D eigenvalue weighted by molar-refractivity contribution is -0.274. The van der Waals surface area contributed by atoms with E-state index < -0.39 is 93.7 Å². The minimum absolute atomic E-state index is 0.0503. The van der Waals surface area contributed by atoms with Crippen LogP contribution in [0.3, 0.4) is 0 Å². The van der Waals surface area contributed by atoms with Gasteiger partial charge in [-0.2, -0.15) is 0 Å². The number of nitrogens with one attached hydrogen (secondary N) is 2. The highest BCUT2D eigenvalue weighted by molar-refractivity contribution is 6.74. The first-order valence-corrected chi connectivity index (χ1v) is 51.3. The molecular weight excluding hydrogens is 1490 g/mol. The molecule has 2 aromatic rings. The first-order valence-electron chi connectivity index (χ1n) is 48.4. The van der Waals surface area contributed by atoms with Gasteiger partial charge in [-0.05, 0) is 93.5 Å². The lowest BCUT2D eigenvalue weighted by atomic mass is 9.95. The third-order valence-electron chi connectivity index (χ3n) is 23.9. The van der Waals surface area contributed by atoms with Crippen LogP contribution in [0.2, 0.25) is 18.1 Å². The summed E-state index contributed by atoms with van der Waals surface area (Å²) in [7, 11) is -2.59. The Morgan fingerprint density at radius 2 is 0.838 bits per heavy atom. The standard InChI is InChI=1S/C99H174N2O15Si/c1-11-16-21-26-31-35-39-46-59-70-84(109-75-64-51-44-34-29-24-19-14-4)76-90(103)101-94-96(116-93(106)78-86(72-61-48-41-37-33-28-23-18-13-3)114-92(105)74-63-50-43-42-45-54-65-82-66-55-52-56-67-82)95(107)88(81-112-117(9,10)99(6,7)8)115-98(94)111-80-87(97(108)110-79-83-68-57-53-58-69-83)100-89(102)77-85(71-60-47-40-36-32-27-22-17-12-2)113-91(104)73-62-49-38-30-25-20-15-5/h52-53,55-58,66-69,84-88,94-96,98,107H,11-51,54,59-65,70-81H2,1-10H3,(H,100,102)(H,101,103)/t84-,85-,86-,87-,88?,94?,95?,96?,98?/m1/s1. The molecule has 18 heteroatoms. The number of hydrogen-bond acceptors (Lipinski definition) is 15. The van der Waals surface area contributed by atoms with Crippen LogP contribution in [0.25, 0.3) is 0 Å². The number of aryl methyl sites for hydroxylation is 1. The highest BCUT2D eigenvalue weighted by atomic mass is 28.4. The molecule has 117 heavy (non-hydrogen) atoms. The summed E-state index contributed by atoms with van der Waals surface area (Å²) in [6, 6.07) is 16.9. The minimum Gasteiger partial charge on any atom is -0.462 e. The maximum atomic E-state index is 15.3. The van der Waals surface area contributed by atoms with Crippen LogP contribution >= 0.6 is 0 Å². The van der Waals surface area contributed by atoms with Gasteiger partial charge in [-0.25, -0.2) is 4.79 Å². The van der Waals surface area contributed by atoms with Gasteiger partial charge in [0.25, 0.3) is 0 Å². The molecule has 1 fully saturated rings. The Kier molecular flexibility index (Phi) is 63.5. The van der Waals surface area contributed by atoms with Gasteiger partial charge < -0.3 is 53.3 Å². The zero-order valence-electron chi connectivity index (χ0n) is 76.3. The Balaban J connectivity index is 2.14. The van der Waals surface area contributed by atoms with E-state index >= 15 is 9.59 Å². The van der Waals surface area contributed by atoms with Crippen LogP contribution in [0.1, 0.15) is 426 Å². The molecule has 9 atom stereocenters. The van der Waals surface area contributed by atoms with Crippen LogP contribution in [0.5, 0.6) is 0 Å². The van der Waals surface area contributed by atoms with Crippen LogP contribution in [-0.2, 0) is 79.4 Å². The molecular formula is C99H174N2O15Si. The Morgan fingerprint density at radius 3 is 1.28 bits per heavy atom. The number of aliphatic hydroxyl groups is 1. The molecule has 0 spiro atoms. The molecule has 1 heterocycles. The van der Waals surface area contributed by atoms with Crippen molar-refractivity contribution >= 4 is 44.0 Å². The molecule has 2 aromatic carbocycles. The van der Waals surface area contributed by atoms with E-state index in [2.05, 4.69) is 103 Å². The van der Waals surface area contributed by atoms with E-state index in [1.54, 1.807) is 0 Å². The Hall–Kier alpha value is -4.72.